The van der Waals surface area contributed by atoms with E-state index in [-0.39, 0.29) is 6.61 Å². The minimum Gasteiger partial charge on any atom is -0.493 e. The van der Waals surface area contributed by atoms with Crippen molar-refractivity contribution < 1.29 is 19.0 Å². The molecule has 1 atom stereocenters. The summed E-state index contributed by atoms with van der Waals surface area (Å²) in [6.07, 6.45) is 0. The lowest BCUT2D eigenvalue weighted by Gasteiger charge is -2.15. The highest BCUT2D eigenvalue weighted by molar-refractivity contribution is 6.34. The molecule has 1 aromatic rings. The van der Waals surface area contributed by atoms with E-state index in [0.717, 1.165) is 0 Å². The van der Waals surface area contributed by atoms with Crippen LogP contribution in [0.5, 0.6) is 11.5 Å². The zero-order valence-corrected chi connectivity index (χ0v) is 11.8. The number of nitrogens with two attached hydrogens (primary N) is 1. The smallest absolute Gasteiger partial charge is 0.243 e. The van der Waals surface area contributed by atoms with Gasteiger partial charge >= 0.3 is 0 Å². The summed E-state index contributed by atoms with van der Waals surface area (Å²) in [6.45, 7) is 0.122. The summed E-state index contributed by atoms with van der Waals surface area (Å²) in [5, 5.41) is 2.94. The number of amides is 1. The molecule has 1 amide bonds. The van der Waals surface area contributed by atoms with Crippen LogP contribution in [-0.4, -0.2) is 39.9 Å². The lowest BCUT2D eigenvalue weighted by molar-refractivity contribution is -0.118. The van der Waals surface area contributed by atoms with Crippen LogP contribution in [0.4, 0.5) is 5.69 Å². The molecular weight excluding hydrogens is 272 g/mol. The Morgan fingerprint density at radius 2 is 1.89 bits per heavy atom. The first-order chi connectivity index (χ1) is 9.03. The number of benzene rings is 1. The Kier molecular flexibility index (Phi) is 5.88. The molecule has 0 bridgehead atoms. The molecule has 0 aliphatic rings. The van der Waals surface area contributed by atoms with Gasteiger partial charge in [0.15, 0.2) is 11.5 Å². The van der Waals surface area contributed by atoms with Gasteiger partial charge in [-0.05, 0) is 0 Å². The molecule has 1 unspecified atom stereocenters. The molecule has 0 radical (unpaired) electrons. The third-order valence-corrected chi connectivity index (χ3v) is 2.73. The SMILES string of the molecule is COCC(N)C(=O)Nc1cc(OC)c(OC)cc1Cl. The number of hydrogen-bond donors (Lipinski definition) is 2. The third-order valence-electron chi connectivity index (χ3n) is 2.41. The van der Waals surface area contributed by atoms with Crippen LogP contribution in [0, 0.1) is 0 Å². The fraction of sp³-hybridized carbons (Fsp3) is 0.417. The predicted octanol–water partition coefficient (Wildman–Crippen LogP) is 1.27. The molecular formula is C12H17ClN2O4. The van der Waals surface area contributed by atoms with Crippen molar-refractivity contribution in [2.24, 2.45) is 5.73 Å². The van der Waals surface area contributed by atoms with E-state index < -0.39 is 11.9 Å². The molecule has 0 aliphatic heterocycles. The van der Waals surface area contributed by atoms with Gasteiger partial charge in [-0.1, -0.05) is 11.6 Å². The van der Waals surface area contributed by atoms with Crippen LogP contribution in [0.3, 0.4) is 0 Å². The number of methoxy groups -OCH3 is 3. The van der Waals surface area contributed by atoms with Crippen LogP contribution in [0.15, 0.2) is 12.1 Å². The Morgan fingerprint density at radius 1 is 1.32 bits per heavy atom. The number of rotatable bonds is 6. The molecule has 6 nitrogen and oxygen atoms in total. The van der Waals surface area contributed by atoms with E-state index >= 15 is 0 Å². The molecule has 0 fully saturated rings. The van der Waals surface area contributed by atoms with E-state index in [4.69, 9.17) is 31.5 Å². The van der Waals surface area contributed by atoms with Gasteiger partial charge in [0.1, 0.15) is 6.04 Å². The van der Waals surface area contributed by atoms with Crippen molar-refractivity contribution in [3.05, 3.63) is 17.2 Å². The third kappa shape index (κ3) is 3.99. The number of carbonyl (C=O) groups is 1. The molecule has 0 spiro atoms. The van der Waals surface area contributed by atoms with Crippen molar-refractivity contribution in [2.45, 2.75) is 6.04 Å². The first kappa shape index (κ1) is 15.6. The minimum atomic E-state index is -0.769. The molecule has 19 heavy (non-hydrogen) atoms. The minimum absolute atomic E-state index is 0.122. The lowest BCUT2D eigenvalue weighted by atomic mass is 10.2. The van der Waals surface area contributed by atoms with Gasteiger partial charge in [0.2, 0.25) is 5.91 Å². The number of nitrogens with one attached hydrogen (secondary N) is 1. The van der Waals surface area contributed by atoms with Gasteiger partial charge in [-0.2, -0.15) is 0 Å². The standard InChI is InChI=1S/C12H17ClN2O4/c1-17-6-8(14)12(16)15-9-5-11(19-3)10(18-2)4-7(9)13/h4-5,8H,6,14H2,1-3H3,(H,15,16). The number of carbonyl (C=O) groups excluding carboxylic acids is 1. The molecule has 106 valence electrons. The Labute approximate surface area is 116 Å². The summed E-state index contributed by atoms with van der Waals surface area (Å²) in [5.41, 5.74) is 6.02. The summed E-state index contributed by atoms with van der Waals surface area (Å²) in [5.74, 6) is 0.546. The van der Waals surface area contributed by atoms with Gasteiger partial charge < -0.3 is 25.3 Å². The van der Waals surface area contributed by atoms with E-state index in [9.17, 15) is 4.79 Å². The highest BCUT2D eigenvalue weighted by Gasteiger charge is 2.16. The van der Waals surface area contributed by atoms with Gasteiger partial charge in [0.25, 0.3) is 0 Å². The van der Waals surface area contributed by atoms with Crippen LogP contribution in [0.25, 0.3) is 0 Å². The summed E-state index contributed by atoms with van der Waals surface area (Å²) >= 11 is 6.04. The van der Waals surface area contributed by atoms with Gasteiger partial charge in [-0.15, -0.1) is 0 Å². The molecule has 7 heteroatoms. The molecule has 0 aliphatic carbocycles. The maximum absolute atomic E-state index is 11.8. The van der Waals surface area contributed by atoms with Gasteiger partial charge in [0.05, 0.1) is 31.5 Å². The Bertz CT molecular complexity index is 454. The molecule has 0 heterocycles. The second-order valence-electron chi connectivity index (χ2n) is 3.74. The van der Waals surface area contributed by atoms with E-state index in [2.05, 4.69) is 5.32 Å². The fourth-order valence-corrected chi connectivity index (χ4v) is 1.63. The normalized spacial score (nSPS) is 11.8. The highest BCUT2D eigenvalue weighted by Crippen LogP contribution is 2.35. The first-order valence-corrected chi connectivity index (χ1v) is 5.88. The van der Waals surface area contributed by atoms with Gasteiger partial charge in [0, 0.05) is 19.2 Å². The highest BCUT2D eigenvalue weighted by atomic mass is 35.5. The Morgan fingerprint density at radius 3 is 2.42 bits per heavy atom. The Balaban J connectivity index is 2.92. The van der Waals surface area contributed by atoms with E-state index in [1.807, 2.05) is 0 Å². The number of hydrogen-bond acceptors (Lipinski definition) is 5. The summed E-state index contributed by atoms with van der Waals surface area (Å²) < 4.78 is 15.0. The van der Waals surface area contributed by atoms with Crippen molar-refractivity contribution in [2.75, 3.05) is 33.3 Å². The molecule has 0 aromatic heterocycles. The van der Waals surface area contributed by atoms with Crippen molar-refractivity contribution in [1.29, 1.82) is 0 Å². The largest absolute Gasteiger partial charge is 0.493 e. The number of halogens is 1. The lowest BCUT2D eigenvalue weighted by Crippen LogP contribution is -2.39. The predicted molar refractivity (Wildman–Crippen MR) is 73.0 cm³/mol. The number of anilines is 1. The van der Waals surface area contributed by atoms with Gasteiger partial charge in [-0.25, -0.2) is 0 Å². The van der Waals surface area contributed by atoms with Crippen LogP contribution < -0.4 is 20.5 Å². The number of ether oxygens (including phenoxy) is 3. The maximum atomic E-state index is 11.8. The average Bonchev–Trinajstić information content (AvgIpc) is 2.40. The zero-order chi connectivity index (χ0) is 14.4. The van der Waals surface area contributed by atoms with E-state index in [0.29, 0.717) is 22.2 Å². The second kappa shape index (κ2) is 7.18. The Hall–Kier alpha value is -1.50. The zero-order valence-electron chi connectivity index (χ0n) is 11.0. The molecule has 3 N–H and O–H groups in total. The quantitative estimate of drug-likeness (QED) is 0.824. The molecule has 1 rings (SSSR count). The summed E-state index contributed by atoms with van der Waals surface area (Å²) in [4.78, 5) is 11.8. The van der Waals surface area contributed by atoms with E-state index in [1.165, 1.54) is 21.3 Å². The fourth-order valence-electron chi connectivity index (χ4n) is 1.43. The monoisotopic (exact) mass is 288 g/mol. The topological polar surface area (TPSA) is 82.8 Å². The maximum Gasteiger partial charge on any atom is 0.243 e. The van der Waals surface area contributed by atoms with Crippen molar-refractivity contribution >= 4 is 23.2 Å². The second-order valence-corrected chi connectivity index (χ2v) is 4.15. The average molecular weight is 289 g/mol. The van der Waals surface area contributed by atoms with Gasteiger partial charge in [-0.3, -0.25) is 4.79 Å². The van der Waals surface area contributed by atoms with Crippen LogP contribution in [0.1, 0.15) is 0 Å². The van der Waals surface area contributed by atoms with Crippen LogP contribution in [0.2, 0.25) is 5.02 Å². The molecule has 0 saturated heterocycles. The molecule has 1 aromatic carbocycles. The van der Waals surface area contributed by atoms with Crippen molar-refractivity contribution in [3.8, 4) is 11.5 Å². The van der Waals surface area contributed by atoms with E-state index in [1.54, 1.807) is 12.1 Å². The van der Waals surface area contributed by atoms with Crippen LogP contribution >= 0.6 is 11.6 Å². The van der Waals surface area contributed by atoms with Crippen molar-refractivity contribution in [3.63, 3.8) is 0 Å². The first-order valence-electron chi connectivity index (χ1n) is 5.50. The summed E-state index contributed by atoms with van der Waals surface area (Å²) in [6, 6.07) is 2.35. The molecule has 0 saturated carbocycles. The summed E-state index contributed by atoms with van der Waals surface area (Å²) in [7, 11) is 4.46. The van der Waals surface area contributed by atoms with Crippen LogP contribution in [-0.2, 0) is 9.53 Å². The van der Waals surface area contributed by atoms with Crippen molar-refractivity contribution in [1.82, 2.24) is 0 Å².